The number of hydrogen-bond acceptors (Lipinski definition) is 3. The number of hydrogen-bond donors (Lipinski definition) is 2. The Morgan fingerprint density at radius 2 is 1.91 bits per heavy atom. The van der Waals surface area contributed by atoms with E-state index in [0.717, 1.165) is 17.5 Å². The van der Waals surface area contributed by atoms with Gasteiger partial charge in [-0.15, -0.1) is 12.4 Å². The van der Waals surface area contributed by atoms with Crippen LogP contribution in [0.4, 0.5) is 0 Å². The first-order valence-electron chi connectivity index (χ1n) is 8.37. The van der Waals surface area contributed by atoms with Gasteiger partial charge >= 0.3 is 0 Å². The highest BCUT2D eigenvalue weighted by Crippen LogP contribution is 2.33. The van der Waals surface area contributed by atoms with Crippen LogP contribution in [0.25, 0.3) is 0 Å². The van der Waals surface area contributed by atoms with Crippen LogP contribution >= 0.6 is 12.4 Å². The summed E-state index contributed by atoms with van der Waals surface area (Å²) in [6.07, 6.45) is 6.14. The summed E-state index contributed by atoms with van der Waals surface area (Å²) in [5.74, 6) is 0.855. The summed E-state index contributed by atoms with van der Waals surface area (Å²) in [5.41, 5.74) is 2.28. The zero-order valence-electron chi connectivity index (χ0n) is 13.7. The summed E-state index contributed by atoms with van der Waals surface area (Å²) in [6, 6.07) is 8.77. The lowest BCUT2D eigenvalue weighted by molar-refractivity contribution is -0.123. The fraction of sp³-hybridized carbons (Fsp3) is 0.611. The van der Waals surface area contributed by atoms with Gasteiger partial charge in [-0.25, -0.2) is 0 Å². The first kappa shape index (κ1) is 18.2. The Morgan fingerprint density at radius 3 is 2.61 bits per heavy atom. The second kappa shape index (κ2) is 8.67. The van der Waals surface area contributed by atoms with E-state index in [2.05, 4.69) is 22.8 Å². The molecule has 5 heteroatoms. The van der Waals surface area contributed by atoms with Gasteiger partial charge in [0, 0.05) is 19.7 Å². The van der Waals surface area contributed by atoms with Gasteiger partial charge in [-0.2, -0.15) is 0 Å². The summed E-state index contributed by atoms with van der Waals surface area (Å²) < 4.78 is 5.10. The highest BCUT2D eigenvalue weighted by molar-refractivity contribution is 5.85. The molecule has 0 bridgehead atoms. The van der Waals surface area contributed by atoms with Crippen molar-refractivity contribution in [3.05, 3.63) is 35.4 Å². The van der Waals surface area contributed by atoms with Crippen molar-refractivity contribution in [1.29, 1.82) is 0 Å². The zero-order valence-corrected chi connectivity index (χ0v) is 14.5. The molecule has 1 saturated heterocycles. The van der Waals surface area contributed by atoms with Crippen molar-refractivity contribution in [3.63, 3.8) is 0 Å². The molecule has 1 aliphatic heterocycles. The van der Waals surface area contributed by atoms with Crippen molar-refractivity contribution < 1.29 is 9.53 Å². The lowest BCUT2D eigenvalue weighted by atomic mass is 9.85. The fourth-order valence-electron chi connectivity index (χ4n) is 3.75. The van der Waals surface area contributed by atoms with Gasteiger partial charge in [-0.1, -0.05) is 37.1 Å². The van der Waals surface area contributed by atoms with E-state index in [1.165, 1.54) is 25.7 Å². The predicted octanol–water partition coefficient (Wildman–Crippen LogP) is 2.79. The number of carbonyl (C=O) groups is 1. The van der Waals surface area contributed by atoms with E-state index in [1.54, 1.807) is 7.11 Å². The number of methoxy groups -OCH3 is 1. The molecule has 1 aromatic rings. The molecule has 1 heterocycles. The van der Waals surface area contributed by atoms with Crippen LogP contribution in [-0.2, 0) is 22.7 Å². The van der Waals surface area contributed by atoms with E-state index in [4.69, 9.17) is 4.74 Å². The maximum absolute atomic E-state index is 12.3. The van der Waals surface area contributed by atoms with E-state index in [-0.39, 0.29) is 24.4 Å². The van der Waals surface area contributed by atoms with Crippen LogP contribution in [0.1, 0.15) is 43.2 Å². The Kier molecular flexibility index (Phi) is 6.88. The number of benzene rings is 1. The molecule has 23 heavy (non-hydrogen) atoms. The van der Waals surface area contributed by atoms with Crippen molar-refractivity contribution in [3.8, 4) is 0 Å². The molecule has 2 fully saturated rings. The molecule has 0 radical (unpaired) electrons. The van der Waals surface area contributed by atoms with E-state index >= 15 is 0 Å². The van der Waals surface area contributed by atoms with Gasteiger partial charge in [0.1, 0.15) is 0 Å². The molecule has 3 unspecified atom stereocenters. The van der Waals surface area contributed by atoms with Gasteiger partial charge in [-0.3, -0.25) is 4.79 Å². The SMILES string of the molecule is COCc1ccc(CNC(=O)C2CC3CCCCC3N2)cc1.Cl. The van der Waals surface area contributed by atoms with Crippen LogP contribution in [0.15, 0.2) is 24.3 Å². The van der Waals surface area contributed by atoms with E-state index < -0.39 is 0 Å². The average molecular weight is 339 g/mol. The van der Waals surface area contributed by atoms with Crippen molar-refractivity contribution in [2.75, 3.05) is 7.11 Å². The Morgan fingerprint density at radius 1 is 1.22 bits per heavy atom. The number of fused-ring (bicyclic) bond motifs is 1. The third-order valence-electron chi connectivity index (χ3n) is 4.98. The normalized spacial score (nSPS) is 26.2. The number of nitrogens with one attached hydrogen (secondary N) is 2. The maximum Gasteiger partial charge on any atom is 0.237 e. The molecule has 0 aromatic heterocycles. The van der Waals surface area contributed by atoms with Gasteiger partial charge in [0.2, 0.25) is 5.91 Å². The minimum absolute atomic E-state index is 0. The first-order valence-corrected chi connectivity index (χ1v) is 8.37. The van der Waals surface area contributed by atoms with Crippen molar-refractivity contribution >= 4 is 18.3 Å². The van der Waals surface area contributed by atoms with Crippen LogP contribution < -0.4 is 10.6 Å². The summed E-state index contributed by atoms with van der Waals surface area (Å²) in [5, 5.41) is 6.60. The second-order valence-corrected chi connectivity index (χ2v) is 6.57. The third-order valence-corrected chi connectivity index (χ3v) is 4.98. The molecule has 1 aromatic carbocycles. The largest absolute Gasteiger partial charge is 0.380 e. The number of amides is 1. The van der Waals surface area contributed by atoms with Gasteiger partial charge in [0.15, 0.2) is 0 Å². The average Bonchev–Trinajstić information content (AvgIpc) is 2.98. The van der Waals surface area contributed by atoms with E-state index in [1.807, 2.05) is 12.1 Å². The summed E-state index contributed by atoms with van der Waals surface area (Å²) in [6.45, 7) is 1.22. The van der Waals surface area contributed by atoms with Crippen LogP contribution in [0.3, 0.4) is 0 Å². The molecule has 1 amide bonds. The quantitative estimate of drug-likeness (QED) is 0.868. The van der Waals surface area contributed by atoms with E-state index in [0.29, 0.717) is 25.1 Å². The lowest BCUT2D eigenvalue weighted by Crippen LogP contribution is -2.42. The maximum atomic E-state index is 12.3. The van der Waals surface area contributed by atoms with Crippen LogP contribution in [0.2, 0.25) is 0 Å². The van der Waals surface area contributed by atoms with Crippen LogP contribution in [0.5, 0.6) is 0 Å². The second-order valence-electron chi connectivity index (χ2n) is 6.57. The van der Waals surface area contributed by atoms with Gasteiger partial charge < -0.3 is 15.4 Å². The lowest BCUT2D eigenvalue weighted by Gasteiger charge is -2.24. The zero-order chi connectivity index (χ0) is 15.4. The smallest absolute Gasteiger partial charge is 0.237 e. The number of carbonyl (C=O) groups excluding carboxylic acids is 1. The topological polar surface area (TPSA) is 50.4 Å². The predicted molar refractivity (Wildman–Crippen MR) is 93.5 cm³/mol. The molecule has 3 atom stereocenters. The fourth-order valence-corrected chi connectivity index (χ4v) is 3.75. The molecule has 2 aliphatic rings. The van der Waals surface area contributed by atoms with Crippen molar-refractivity contribution in [1.82, 2.24) is 10.6 Å². The van der Waals surface area contributed by atoms with Gasteiger partial charge in [-0.05, 0) is 36.3 Å². The van der Waals surface area contributed by atoms with Crippen LogP contribution in [0, 0.1) is 5.92 Å². The highest BCUT2D eigenvalue weighted by atomic mass is 35.5. The number of rotatable bonds is 5. The summed E-state index contributed by atoms with van der Waals surface area (Å²) in [7, 11) is 1.69. The number of ether oxygens (including phenoxy) is 1. The Labute approximate surface area is 144 Å². The van der Waals surface area contributed by atoms with Crippen molar-refractivity contribution in [2.45, 2.75) is 57.3 Å². The van der Waals surface area contributed by atoms with Gasteiger partial charge in [0.05, 0.1) is 12.6 Å². The molecule has 128 valence electrons. The van der Waals surface area contributed by atoms with Gasteiger partial charge in [0.25, 0.3) is 0 Å². The van der Waals surface area contributed by atoms with E-state index in [9.17, 15) is 4.79 Å². The standard InChI is InChI=1S/C18H26N2O2.ClH/c1-22-12-14-8-6-13(7-9-14)11-19-18(21)17-10-15-4-2-3-5-16(15)20-17;/h6-9,15-17,20H,2-5,10-12H2,1H3,(H,19,21);1H. The first-order chi connectivity index (χ1) is 10.8. The molecule has 1 saturated carbocycles. The van der Waals surface area contributed by atoms with Crippen molar-refractivity contribution in [2.24, 2.45) is 5.92 Å². The Balaban J connectivity index is 0.00000192. The number of halogens is 1. The molecule has 3 rings (SSSR count). The van der Waals surface area contributed by atoms with Crippen LogP contribution in [-0.4, -0.2) is 25.1 Å². The molecule has 2 N–H and O–H groups in total. The molecule has 1 aliphatic carbocycles. The minimum atomic E-state index is 0. The molecule has 0 spiro atoms. The summed E-state index contributed by atoms with van der Waals surface area (Å²) in [4.78, 5) is 12.3. The Hall–Kier alpha value is -1.10. The molecule has 4 nitrogen and oxygen atoms in total. The monoisotopic (exact) mass is 338 g/mol. The molecular formula is C18H27ClN2O2. The third kappa shape index (κ3) is 4.69. The highest BCUT2D eigenvalue weighted by Gasteiger charge is 2.37. The minimum Gasteiger partial charge on any atom is -0.380 e. The molecular weight excluding hydrogens is 312 g/mol. The Bertz CT molecular complexity index is 492. The summed E-state index contributed by atoms with van der Waals surface area (Å²) >= 11 is 0.